The van der Waals surface area contributed by atoms with Gasteiger partial charge in [-0.05, 0) is 94.0 Å². The van der Waals surface area contributed by atoms with E-state index < -0.39 is 0 Å². The maximum absolute atomic E-state index is 2.43. The van der Waals surface area contributed by atoms with Gasteiger partial charge in [0.25, 0.3) is 0 Å². The second-order valence-corrected chi connectivity index (χ2v) is 11.1. The molecule has 8 aromatic rings. The van der Waals surface area contributed by atoms with Gasteiger partial charge in [0, 0.05) is 16.5 Å². The Hall–Kier alpha value is -5.14. The van der Waals surface area contributed by atoms with Crippen LogP contribution in [0, 0.1) is 13.8 Å². The SMILES string of the molecule is Cc1ccc2c(c1)c1cc(C)ccc1n2-c1cccc(-c2c3ccccc3c(-c3ccccc3)c3ccccc23)c1. The van der Waals surface area contributed by atoms with E-state index in [1.165, 1.54) is 82.4 Å². The lowest BCUT2D eigenvalue weighted by Crippen LogP contribution is -1.95. The molecule has 0 atom stereocenters. The van der Waals surface area contributed by atoms with Gasteiger partial charge in [-0.1, -0.05) is 114 Å². The van der Waals surface area contributed by atoms with Gasteiger partial charge in [0.2, 0.25) is 0 Å². The molecular weight excluding hydrogens is 494 g/mol. The zero-order valence-electron chi connectivity index (χ0n) is 23.2. The van der Waals surface area contributed by atoms with Crippen molar-refractivity contribution in [3.8, 4) is 27.9 Å². The van der Waals surface area contributed by atoms with E-state index in [0.717, 1.165) is 0 Å². The Kier molecular flexibility index (Phi) is 5.33. The zero-order valence-corrected chi connectivity index (χ0v) is 23.2. The molecule has 0 N–H and O–H groups in total. The molecule has 1 heterocycles. The number of rotatable bonds is 3. The van der Waals surface area contributed by atoms with Crippen molar-refractivity contribution in [1.29, 1.82) is 0 Å². The first-order valence-corrected chi connectivity index (χ1v) is 14.3. The summed E-state index contributed by atoms with van der Waals surface area (Å²) in [7, 11) is 0. The van der Waals surface area contributed by atoms with Gasteiger partial charge in [-0.15, -0.1) is 0 Å². The number of aryl methyl sites for hydroxylation is 2. The maximum atomic E-state index is 2.43. The summed E-state index contributed by atoms with van der Waals surface area (Å²) in [6.07, 6.45) is 0. The predicted molar refractivity (Wildman–Crippen MR) is 176 cm³/mol. The highest BCUT2D eigenvalue weighted by Crippen LogP contribution is 2.44. The Morgan fingerprint density at radius 1 is 0.366 bits per heavy atom. The molecule has 0 aliphatic heterocycles. The van der Waals surface area contributed by atoms with Crippen molar-refractivity contribution >= 4 is 43.4 Å². The van der Waals surface area contributed by atoms with Crippen LogP contribution in [0.4, 0.5) is 0 Å². The third-order valence-corrected chi connectivity index (χ3v) is 8.46. The summed E-state index contributed by atoms with van der Waals surface area (Å²) in [5, 5.41) is 7.71. The van der Waals surface area contributed by atoms with Crippen LogP contribution in [0.1, 0.15) is 11.1 Å². The zero-order chi connectivity index (χ0) is 27.5. The Morgan fingerprint density at radius 3 is 1.37 bits per heavy atom. The van der Waals surface area contributed by atoms with E-state index in [0.29, 0.717) is 0 Å². The number of benzene rings is 7. The minimum atomic E-state index is 1.18. The van der Waals surface area contributed by atoms with Crippen LogP contribution in [0.15, 0.2) is 140 Å². The number of hydrogen-bond acceptors (Lipinski definition) is 0. The Balaban J connectivity index is 1.45. The van der Waals surface area contributed by atoms with Gasteiger partial charge in [-0.3, -0.25) is 0 Å². The summed E-state index contributed by atoms with van der Waals surface area (Å²) in [6, 6.07) is 51.2. The molecule has 194 valence electrons. The van der Waals surface area contributed by atoms with Crippen LogP contribution in [-0.2, 0) is 0 Å². The first-order chi connectivity index (χ1) is 20.2. The third kappa shape index (κ3) is 3.70. The summed E-state index contributed by atoms with van der Waals surface area (Å²) >= 11 is 0. The number of fused-ring (bicyclic) bond motifs is 5. The molecule has 1 nitrogen and oxygen atoms in total. The standard InChI is InChI=1S/C40H29N/c1-26-19-21-37-35(23-26)36-24-27(2)20-22-38(36)41(37)30-14-10-13-29(25-30)40-33-17-8-6-15-31(33)39(28-11-4-3-5-12-28)32-16-7-9-18-34(32)40/h3-25H,1-2H3. The van der Waals surface area contributed by atoms with E-state index in [4.69, 9.17) is 0 Å². The van der Waals surface area contributed by atoms with E-state index in [9.17, 15) is 0 Å². The lowest BCUT2D eigenvalue weighted by molar-refractivity contribution is 1.18. The summed E-state index contributed by atoms with van der Waals surface area (Å²) in [5.41, 5.74) is 11.3. The second-order valence-electron chi connectivity index (χ2n) is 11.1. The van der Waals surface area contributed by atoms with Crippen molar-refractivity contribution in [3.05, 3.63) is 151 Å². The summed E-state index contributed by atoms with van der Waals surface area (Å²) in [6.45, 7) is 4.35. The summed E-state index contributed by atoms with van der Waals surface area (Å²) < 4.78 is 2.43. The van der Waals surface area contributed by atoms with Crippen LogP contribution in [0.2, 0.25) is 0 Å². The molecule has 8 rings (SSSR count). The highest BCUT2D eigenvalue weighted by atomic mass is 15.0. The highest BCUT2D eigenvalue weighted by molar-refractivity contribution is 6.21. The van der Waals surface area contributed by atoms with E-state index >= 15 is 0 Å². The molecule has 1 heteroatoms. The van der Waals surface area contributed by atoms with Gasteiger partial charge < -0.3 is 4.57 Å². The minimum Gasteiger partial charge on any atom is -0.309 e. The van der Waals surface area contributed by atoms with E-state index in [-0.39, 0.29) is 0 Å². The fraction of sp³-hybridized carbons (Fsp3) is 0.0500. The molecule has 0 saturated carbocycles. The number of aromatic nitrogens is 1. The predicted octanol–water partition coefficient (Wildman–Crippen LogP) is 11.0. The average molecular weight is 524 g/mol. The molecule has 0 aliphatic rings. The van der Waals surface area contributed by atoms with Gasteiger partial charge >= 0.3 is 0 Å². The van der Waals surface area contributed by atoms with E-state index in [1.54, 1.807) is 0 Å². The molecule has 0 aliphatic carbocycles. The Bertz CT molecular complexity index is 2150. The third-order valence-electron chi connectivity index (χ3n) is 8.46. The van der Waals surface area contributed by atoms with Crippen LogP contribution >= 0.6 is 0 Å². The fourth-order valence-electron chi connectivity index (χ4n) is 6.68. The Morgan fingerprint density at radius 2 is 0.829 bits per heavy atom. The molecule has 7 aromatic carbocycles. The fourth-order valence-corrected chi connectivity index (χ4v) is 6.68. The van der Waals surface area contributed by atoms with Crippen molar-refractivity contribution < 1.29 is 0 Å². The van der Waals surface area contributed by atoms with Gasteiger partial charge in [-0.2, -0.15) is 0 Å². The molecule has 0 bridgehead atoms. The lowest BCUT2D eigenvalue weighted by Gasteiger charge is -2.18. The minimum absolute atomic E-state index is 1.18. The molecule has 0 spiro atoms. The smallest absolute Gasteiger partial charge is 0.0541 e. The first-order valence-electron chi connectivity index (χ1n) is 14.3. The molecule has 41 heavy (non-hydrogen) atoms. The second kappa shape index (κ2) is 9.21. The lowest BCUT2D eigenvalue weighted by atomic mass is 9.86. The molecule has 0 radical (unpaired) electrons. The molecular formula is C40H29N. The monoisotopic (exact) mass is 523 g/mol. The van der Waals surface area contributed by atoms with E-state index in [1.807, 2.05) is 0 Å². The van der Waals surface area contributed by atoms with E-state index in [2.05, 4.69) is 158 Å². The van der Waals surface area contributed by atoms with Crippen molar-refractivity contribution in [2.24, 2.45) is 0 Å². The van der Waals surface area contributed by atoms with Gasteiger partial charge in [0.15, 0.2) is 0 Å². The van der Waals surface area contributed by atoms with Crippen LogP contribution < -0.4 is 0 Å². The van der Waals surface area contributed by atoms with Gasteiger partial charge in [0.05, 0.1) is 11.0 Å². The number of nitrogens with zero attached hydrogens (tertiary/aromatic N) is 1. The maximum Gasteiger partial charge on any atom is 0.0541 e. The van der Waals surface area contributed by atoms with Crippen molar-refractivity contribution in [2.45, 2.75) is 13.8 Å². The van der Waals surface area contributed by atoms with Crippen LogP contribution in [0.25, 0.3) is 71.3 Å². The van der Waals surface area contributed by atoms with Crippen LogP contribution in [0.3, 0.4) is 0 Å². The topological polar surface area (TPSA) is 4.93 Å². The van der Waals surface area contributed by atoms with Crippen molar-refractivity contribution in [1.82, 2.24) is 4.57 Å². The summed E-state index contributed by atoms with van der Waals surface area (Å²) in [4.78, 5) is 0. The molecule has 0 fully saturated rings. The van der Waals surface area contributed by atoms with Crippen molar-refractivity contribution in [3.63, 3.8) is 0 Å². The highest BCUT2D eigenvalue weighted by Gasteiger charge is 2.18. The van der Waals surface area contributed by atoms with Crippen molar-refractivity contribution in [2.75, 3.05) is 0 Å². The molecule has 0 unspecified atom stereocenters. The van der Waals surface area contributed by atoms with Crippen LogP contribution in [-0.4, -0.2) is 4.57 Å². The molecule has 1 aromatic heterocycles. The average Bonchev–Trinajstić information content (AvgIpc) is 3.33. The van der Waals surface area contributed by atoms with Gasteiger partial charge in [-0.25, -0.2) is 0 Å². The van der Waals surface area contributed by atoms with Crippen LogP contribution in [0.5, 0.6) is 0 Å². The first kappa shape index (κ1) is 23.7. The molecule has 0 amide bonds. The Labute approximate surface area is 239 Å². The quantitative estimate of drug-likeness (QED) is 0.203. The number of hydrogen-bond donors (Lipinski definition) is 0. The normalized spacial score (nSPS) is 11.7. The summed E-state index contributed by atoms with van der Waals surface area (Å²) in [5.74, 6) is 0. The molecule has 0 saturated heterocycles. The van der Waals surface area contributed by atoms with Gasteiger partial charge in [0.1, 0.15) is 0 Å². The largest absolute Gasteiger partial charge is 0.309 e.